The Labute approximate surface area is 207 Å². The zero-order valence-corrected chi connectivity index (χ0v) is 19.9. The first-order chi connectivity index (χ1) is 17.2. The maximum atomic E-state index is 12.4. The summed E-state index contributed by atoms with van der Waals surface area (Å²) in [5.74, 6) is 0.317. The van der Waals surface area contributed by atoms with Crippen LogP contribution >= 0.6 is 0 Å². The number of carbonyl (C=O) groups is 1. The molecule has 0 aromatic heterocycles. The van der Waals surface area contributed by atoms with E-state index in [0.717, 1.165) is 33.4 Å². The molecule has 0 amide bonds. The highest BCUT2D eigenvalue weighted by Crippen LogP contribution is 2.30. The van der Waals surface area contributed by atoms with Crippen LogP contribution in [0, 0.1) is 13.8 Å². The lowest BCUT2D eigenvalue weighted by atomic mass is 9.98. The van der Waals surface area contributed by atoms with Crippen molar-refractivity contribution in [3.8, 4) is 11.5 Å². The summed E-state index contributed by atoms with van der Waals surface area (Å²) >= 11 is 0. The monoisotopic (exact) mass is 494 g/mol. The van der Waals surface area contributed by atoms with E-state index in [2.05, 4.69) is 14.9 Å². The molecule has 0 heterocycles. The lowest BCUT2D eigenvalue weighted by molar-refractivity contribution is -0.274. The van der Waals surface area contributed by atoms with E-state index < -0.39 is 6.36 Å². The molecule has 0 N–H and O–H groups in total. The number of aliphatic imine (C=N–C) groups is 1. The maximum Gasteiger partial charge on any atom is 0.573 e. The van der Waals surface area contributed by atoms with Crippen LogP contribution in [0.15, 0.2) is 70.8 Å². The summed E-state index contributed by atoms with van der Waals surface area (Å²) < 4.78 is 41.3. The van der Waals surface area contributed by atoms with Crippen LogP contribution in [0.4, 0.5) is 13.2 Å². The average Bonchev–Trinajstić information content (AvgIpc) is 3.22. The van der Waals surface area contributed by atoms with Gasteiger partial charge in [-0.1, -0.05) is 23.4 Å². The fourth-order valence-electron chi connectivity index (χ4n) is 4.09. The number of benzene rings is 3. The quantitative estimate of drug-likeness (QED) is 0.278. The third-order valence-corrected chi connectivity index (χ3v) is 5.92. The number of Topliss-reactive ketones (excluding diaryl/α,β-unsaturated/α-hetero) is 1. The predicted octanol–water partition coefficient (Wildman–Crippen LogP) is 6.16. The second-order valence-corrected chi connectivity index (χ2v) is 8.62. The summed E-state index contributed by atoms with van der Waals surface area (Å²) in [6.07, 6.45) is -1.59. The van der Waals surface area contributed by atoms with Crippen LogP contribution in [0.3, 0.4) is 0 Å². The number of ether oxygens (including phenoxy) is 1. The summed E-state index contributed by atoms with van der Waals surface area (Å²) in [6.45, 7) is 4.11. The molecule has 0 unspecified atom stereocenters. The van der Waals surface area contributed by atoms with E-state index in [0.29, 0.717) is 30.7 Å². The Morgan fingerprint density at radius 3 is 2.36 bits per heavy atom. The van der Waals surface area contributed by atoms with Crippen LogP contribution < -0.4 is 9.57 Å². The van der Waals surface area contributed by atoms with Gasteiger partial charge in [-0.2, -0.15) is 0 Å². The van der Waals surface area contributed by atoms with Gasteiger partial charge in [0.25, 0.3) is 0 Å². The number of ketones is 1. The van der Waals surface area contributed by atoms with E-state index >= 15 is 0 Å². The van der Waals surface area contributed by atoms with Crippen molar-refractivity contribution in [2.45, 2.75) is 39.5 Å². The Morgan fingerprint density at radius 2 is 1.67 bits per heavy atom. The molecule has 0 bridgehead atoms. The first-order valence-electron chi connectivity index (χ1n) is 11.5. The second kappa shape index (κ2) is 10.8. The molecular formula is C28H25F3N2O3. The Hall–Kier alpha value is -3.94. The third-order valence-electron chi connectivity index (χ3n) is 5.92. The van der Waals surface area contributed by atoms with E-state index in [4.69, 9.17) is 4.84 Å². The summed E-state index contributed by atoms with van der Waals surface area (Å²) in [5, 5.41) is 4.18. The van der Waals surface area contributed by atoms with E-state index in [9.17, 15) is 18.0 Å². The van der Waals surface area contributed by atoms with Crippen molar-refractivity contribution in [1.29, 1.82) is 0 Å². The minimum atomic E-state index is -4.72. The fraction of sp³-hybridized carbons (Fsp3) is 0.250. The van der Waals surface area contributed by atoms with Gasteiger partial charge in [-0.25, -0.2) is 0 Å². The Bertz CT molecular complexity index is 1290. The van der Waals surface area contributed by atoms with Gasteiger partial charge >= 0.3 is 6.36 Å². The summed E-state index contributed by atoms with van der Waals surface area (Å²) in [5.41, 5.74) is 6.23. The first-order valence-corrected chi connectivity index (χ1v) is 11.5. The van der Waals surface area contributed by atoms with Crippen LogP contribution in [0.25, 0.3) is 0 Å². The number of rotatable bonds is 8. The van der Waals surface area contributed by atoms with Crippen LogP contribution in [-0.2, 0) is 17.6 Å². The zero-order valence-electron chi connectivity index (χ0n) is 19.9. The van der Waals surface area contributed by atoms with Crippen molar-refractivity contribution in [1.82, 2.24) is 0 Å². The molecule has 0 saturated heterocycles. The first kappa shape index (κ1) is 25.2. The molecule has 186 valence electrons. The number of hydrogen-bond donors (Lipinski definition) is 0. The van der Waals surface area contributed by atoms with Gasteiger partial charge in [0.1, 0.15) is 5.75 Å². The topological polar surface area (TPSA) is 60.2 Å². The highest BCUT2D eigenvalue weighted by molar-refractivity contribution is 6.04. The van der Waals surface area contributed by atoms with Crippen LogP contribution in [0.5, 0.6) is 11.5 Å². The molecule has 0 atom stereocenters. The van der Waals surface area contributed by atoms with Crippen molar-refractivity contribution < 1.29 is 27.5 Å². The number of halogens is 3. The van der Waals surface area contributed by atoms with E-state index in [1.807, 2.05) is 32.0 Å². The standard InChI is InChI=1S/C28H25F3N2O3/c1-18-4-3-5-19(2)26(18)15-22(34)17-32-16-20-6-9-23(10-7-20)36-33-27-13-8-21-14-24(11-12-25(21)27)35-28(29,30)31/h3-7,9-12,14,16H,8,13,15,17H2,1-2H3/b32-16?,33-27+. The molecule has 0 spiro atoms. The van der Waals surface area contributed by atoms with Gasteiger partial charge in [0, 0.05) is 18.2 Å². The molecule has 1 aliphatic rings. The van der Waals surface area contributed by atoms with Gasteiger partial charge in [0.2, 0.25) is 0 Å². The van der Waals surface area contributed by atoms with Gasteiger partial charge in [-0.15, -0.1) is 13.2 Å². The summed E-state index contributed by atoms with van der Waals surface area (Å²) in [6, 6.07) is 17.3. The van der Waals surface area contributed by atoms with Gasteiger partial charge in [-0.3, -0.25) is 9.79 Å². The number of alkyl halides is 3. The normalized spacial score (nSPS) is 14.3. The molecule has 8 heteroatoms. The number of nitrogens with zero attached hydrogens (tertiary/aromatic N) is 2. The van der Waals surface area contributed by atoms with Crippen LogP contribution in [-0.4, -0.2) is 30.6 Å². The number of hydrogen-bond acceptors (Lipinski definition) is 5. The number of aryl methyl sites for hydroxylation is 3. The largest absolute Gasteiger partial charge is 0.573 e. The van der Waals surface area contributed by atoms with Crippen molar-refractivity contribution in [2.24, 2.45) is 10.1 Å². The highest BCUT2D eigenvalue weighted by atomic mass is 19.4. The number of carbonyl (C=O) groups excluding carboxylic acids is 1. The fourth-order valence-corrected chi connectivity index (χ4v) is 4.09. The SMILES string of the molecule is Cc1cccc(C)c1CC(=O)CN=Cc1ccc(O/N=C2\CCc3cc(OC(F)(F)F)ccc32)cc1. The van der Waals surface area contributed by atoms with Crippen LogP contribution in [0.1, 0.15) is 39.8 Å². The van der Waals surface area contributed by atoms with Gasteiger partial charge in [0.15, 0.2) is 11.5 Å². The van der Waals surface area contributed by atoms with E-state index in [1.54, 1.807) is 36.5 Å². The van der Waals surface area contributed by atoms with Crippen LogP contribution in [0.2, 0.25) is 0 Å². The Morgan fingerprint density at radius 1 is 0.972 bits per heavy atom. The molecule has 36 heavy (non-hydrogen) atoms. The number of fused-ring (bicyclic) bond motifs is 1. The van der Waals surface area contributed by atoms with Gasteiger partial charge in [-0.05, 0) is 97.0 Å². The average molecular weight is 495 g/mol. The summed E-state index contributed by atoms with van der Waals surface area (Å²) in [4.78, 5) is 22.1. The zero-order chi connectivity index (χ0) is 25.7. The predicted molar refractivity (Wildman–Crippen MR) is 132 cm³/mol. The Kier molecular flexibility index (Phi) is 7.52. The van der Waals surface area contributed by atoms with E-state index in [-0.39, 0.29) is 18.1 Å². The smallest absolute Gasteiger partial charge is 0.406 e. The molecular weight excluding hydrogens is 469 g/mol. The molecule has 3 aromatic carbocycles. The molecule has 0 fully saturated rings. The Balaban J connectivity index is 1.31. The van der Waals surface area contributed by atoms with Gasteiger partial charge in [0.05, 0.1) is 12.3 Å². The number of oxime groups is 1. The lowest BCUT2D eigenvalue weighted by Crippen LogP contribution is -2.17. The molecule has 0 aliphatic heterocycles. The van der Waals surface area contributed by atoms with Crippen molar-refractivity contribution in [3.63, 3.8) is 0 Å². The molecule has 1 aliphatic carbocycles. The van der Waals surface area contributed by atoms with Gasteiger partial charge < -0.3 is 9.57 Å². The molecule has 3 aromatic rings. The molecule has 0 saturated carbocycles. The minimum absolute atomic E-state index is 0.0494. The second-order valence-electron chi connectivity index (χ2n) is 8.62. The third kappa shape index (κ3) is 6.59. The maximum absolute atomic E-state index is 12.4. The molecule has 5 nitrogen and oxygen atoms in total. The van der Waals surface area contributed by atoms with Crippen molar-refractivity contribution in [2.75, 3.05) is 6.54 Å². The molecule has 0 radical (unpaired) electrons. The molecule has 4 rings (SSSR count). The van der Waals surface area contributed by atoms with Crippen molar-refractivity contribution in [3.05, 3.63) is 94.0 Å². The minimum Gasteiger partial charge on any atom is -0.406 e. The van der Waals surface area contributed by atoms with Crippen molar-refractivity contribution >= 4 is 17.7 Å². The summed E-state index contributed by atoms with van der Waals surface area (Å²) in [7, 11) is 0. The lowest BCUT2D eigenvalue weighted by Gasteiger charge is -2.10. The van der Waals surface area contributed by atoms with E-state index in [1.165, 1.54) is 12.1 Å². The highest BCUT2D eigenvalue weighted by Gasteiger charge is 2.31.